The Bertz CT molecular complexity index is 723. The highest BCUT2D eigenvalue weighted by Crippen LogP contribution is 2.10. The summed E-state index contributed by atoms with van der Waals surface area (Å²) in [5.74, 6) is 6.30. The van der Waals surface area contributed by atoms with Crippen LogP contribution < -0.4 is 10.5 Å². The molecule has 21 heavy (non-hydrogen) atoms. The van der Waals surface area contributed by atoms with Crippen LogP contribution >= 0.6 is 0 Å². The Morgan fingerprint density at radius 1 is 1.19 bits per heavy atom. The van der Waals surface area contributed by atoms with Gasteiger partial charge in [0.05, 0.1) is 17.7 Å². The summed E-state index contributed by atoms with van der Waals surface area (Å²) in [5, 5.41) is 0. The van der Waals surface area contributed by atoms with Gasteiger partial charge < -0.3 is 10.2 Å². The fourth-order valence-electron chi connectivity index (χ4n) is 1.72. The van der Waals surface area contributed by atoms with Crippen molar-refractivity contribution in [1.29, 1.82) is 0 Å². The molecule has 6 heteroatoms. The molecule has 0 spiro atoms. The average molecular weight is 304 g/mol. The standard InChI is InChI=1S/C15H16N2O3S/c16-10-1-3-13-5-7-15(8-6-13)21(18,19)17-11-9-14-4-2-12-20-14/h2,4-8,12,17H,9-11,16H2. The van der Waals surface area contributed by atoms with Crippen LogP contribution in [0, 0.1) is 11.8 Å². The lowest BCUT2D eigenvalue weighted by atomic mass is 10.2. The first-order chi connectivity index (χ1) is 10.1. The molecule has 0 unspecified atom stereocenters. The van der Waals surface area contributed by atoms with Crippen LogP contribution in [0.5, 0.6) is 0 Å². The van der Waals surface area contributed by atoms with E-state index in [9.17, 15) is 8.42 Å². The maximum absolute atomic E-state index is 12.1. The molecule has 0 radical (unpaired) electrons. The number of benzene rings is 1. The fourth-order valence-corrected chi connectivity index (χ4v) is 2.75. The SMILES string of the molecule is NCC#Cc1ccc(S(=O)(=O)NCCc2ccco2)cc1. The molecule has 0 saturated heterocycles. The van der Waals surface area contributed by atoms with E-state index in [1.165, 1.54) is 12.1 Å². The number of hydrogen-bond acceptors (Lipinski definition) is 4. The summed E-state index contributed by atoms with van der Waals surface area (Å²) in [4.78, 5) is 0.209. The van der Waals surface area contributed by atoms with Gasteiger partial charge in [0.25, 0.3) is 0 Å². The van der Waals surface area contributed by atoms with E-state index in [4.69, 9.17) is 10.2 Å². The molecule has 0 aliphatic heterocycles. The molecule has 5 nitrogen and oxygen atoms in total. The number of sulfonamides is 1. The van der Waals surface area contributed by atoms with Gasteiger partial charge in [-0.2, -0.15) is 0 Å². The molecule has 2 rings (SSSR count). The molecule has 1 heterocycles. The fraction of sp³-hybridized carbons (Fsp3) is 0.200. The van der Waals surface area contributed by atoms with Crippen LogP contribution in [0.25, 0.3) is 0 Å². The summed E-state index contributed by atoms with van der Waals surface area (Å²) in [7, 11) is -3.52. The topological polar surface area (TPSA) is 85.3 Å². The van der Waals surface area contributed by atoms with Crippen molar-refractivity contribution < 1.29 is 12.8 Å². The van der Waals surface area contributed by atoms with Gasteiger partial charge >= 0.3 is 0 Å². The summed E-state index contributed by atoms with van der Waals surface area (Å²) >= 11 is 0. The summed E-state index contributed by atoms with van der Waals surface area (Å²) in [6.45, 7) is 0.555. The molecule has 110 valence electrons. The van der Waals surface area contributed by atoms with Crippen LogP contribution in [0.1, 0.15) is 11.3 Å². The molecule has 0 saturated carbocycles. The van der Waals surface area contributed by atoms with Crippen molar-refractivity contribution in [3.8, 4) is 11.8 Å². The Morgan fingerprint density at radius 2 is 1.95 bits per heavy atom. The van der Waals surface area contributed by atoms with Gasteiger partial charge in [0, 0.05) is 18.5 Å². The first-order valence-electron chi connectivity index (χ1n) is 6.43. The largest absolute Gasteiger partial charge is 0.469 e. The molecule has 2 aromatic rings. The van der Waals surface area contributed by atoms with E-state index in [0.29, 0.717) is 6.42 Å². The van der Waals surface area contributed by atoms with Crippen LogP contribution in [0.2, 0.25) is 0 Å². The smallest absolute Gasteiger partial charge is 0.240 e. The minimum atomic E-state index is -3.52. The van der Waals surface area contributed by atoms with Crippen molar-refractivity contribution in [3.05, 3.63) is 54.0 Å². The zero-order chi connectivity index (χ0) is 15.1. The maximum Gasteiger partial charge on any atom is 0.240 e. The van der Waals surface area contributed by atoms with Gasteiger partial charge in [-0.15, -0.1) is 0 Å². The zero-order valence-corrected chi connectivity index (χ0v) is 12.2. The van der Waals surface area contributed by atoms with Crippen molar-refractivity contribution >= 4 is 10.0 Å². The molecule has 1 aromatic carbocycles. The lowest BCUT2D eigenvalue weighted by molar-refractivity contribution is 0.506. The molecule has 0 bridgehead atoms. The molecular formula is C15H16N2O3S. The van der Waals surface area contributed by atoms with Crippen molar-refractivity contribution in [2.24, 2.45) is 5.73 Å². The number of furan rings is 1. The Hall–Kier alpha value is -2.07. The number of nitrogens with two attached hydrogens (primary N) is 1. The summed E-state index contributed by atoms with van der Waals surface area (Å²) < 4.78 is 31.9. The van der Waals surface area contributed by atoms with Gasteiger partial charge in [-0.05, 0) is 36.4 Å². The predicted octanol–water partition coefficient (Wildman–Crippen LogP) is 1.11. The number of rotatable bonds is 5. The van der Waals surface area contributed by atoms with Crippen molar-refractivity contribution in [3.63, 3.8) is 0 Å². The van der Waals surface area contributed by atoms with Crippen molar-refractivity contribution in [2.75, 3.05) is 13.1 Å². The van der Waals surface area contributed by atoms with Gasteiger partial charge in [0.2, 0.25) is 10.0 Å². The van der Waals surface area contributed by atoms with Crippen LogP contribution in [0.3, 0.4) is 0 Å². The summed E-state index contributed by atoms with van der Waals surface area (Å²) in [5.41, 5.74) is 6.01. The van der Waals surface area contributed by atoms with Crippen molar-refractivity contribution in [2.45, 2.75) is 11.3 Å². The molecule has 0 amide bonds. The summed E-state index contributed by atoms with van der Waals surface area (Å²) in [6.07, 6.45) is 2.07. The summed E-state index contributed by atoms with van der Waals surface area (Å²) in [6, 6.07) is 9.93. The Balaban J connectivity index is 1.98. The third kappa shape index (κ3) is 4.46. The first-order valence-corrected chi connectivity index (χ1v) is 7.91. The quantitative estimate of drug-likeness (QED) is 0.810. The van der Waals surface area contributed by atoms with E-state index in [0.717, 1.165) is 11.3 Å². The van der Waals surface area contributed by atoms with Crippen LogP contribution in [0.4, 0.5) is 0 Å². The lowest BCUT2D eigenvalue weighted by Crippen LogP contribution is -2.25. The maximum atomic E-state index is 12.1. The van der Waals surface area contributed by atoms with Crippen LogP contribution in [-0.4, -0.2) is 21.5 Å². The molecule has 0 aliphatic rings. The van der Waals surface area contributed by atoms with E-state index in [-0.39, 0.29) is 18.0 Å². The van der Waals surface area contributed by atoms with Gasteiger partial charge in [-0.3, -0.25) is 0 Å². The highest BCUT2D eigenvalue weighted by Gasteiger charge is 2.13. The second-order valence-corrected chi connectivity index (χ2v) is 6.02. The normalized spacial score (nSPS) is 10.9. The number of nitrogens with one attached hydrogen (secondary N) is 1. The Morgan fingerprint density at radius 3 is 2.57 bits per heavy atom. The van der Waals surface area contributed by atoms with Gasteiger partial charge in [-0.1, -0.05) is 11.8 Å². The highest BCUT2D eigenvalue weighted by atomic mass is 32.2. The molecule has 0 atom stereocenters. The van der Waals surface area contributed by atoms with Crippen LogP contribution in [0.15, 0.2) is 52.0 Å². The molecule has 0 fully saturated rings. The third-order valence-electron chi connectivity index (χ3n) is 2.74. The van der Waals surface area contributed by atoms with E-state index >= 15 is 0 Å². The van der Waals surface area contributed by atoms with Gasteiger partial charge in [-0.25, -0.2) is 13.1 Å². The van der Waals surface area contributed by atoms with E-state index in [1.807, 2.05) is 0 Å². The number of hydrogen-bond donors (Lipinski definition) is 2. The average Bonchev–Trinajstić information content (AvgIpc) is 2.98. The Kier molecular flexibility index (Phi) is 5.17. The Labute approximate surface area is 124 Å². The van der Waals surface area contributed by atoms with Gasteiger partial charge in [0.1, 0.15) is 5.76 Å². The third-order valence-corrected chi connectivity index (χ3v) is 4.22. The second kappa shape index (κ2) is 7.09. The predicted molar refractivity (Wildman–Crippen MR) is 80.0 cm³/mol. The van der Waals surface area contributed by atoms with Crippen LogP contribution in [-0.2, 0) is 16.4 Å². The first kappa shape index (κ1) is 15.3. The monoisotopic (exact) mass is 304 g/mol. The molecule has 0 aliphatic carbocycles. The van der Waals surface area contributed by atoms with Crippen molar-refractivity contribution in [1.82, 2.24) is 4.72 Å². The van der Waals surface area contributed by atoms with Gasteiger partial charge in [0.15, 0.2) is 0 Å². The molecular weight excluding hydrogens is 288 g/mol. The minimum absolute atomic E-state index is 0.209. The molecule has 1 aromatic heterocycles. The van der Waals surface area contributed by atoms with E-state index < -0.39 is 10.0 Å². The highest BCUT2D eigenvalue weighted by molar-refractivity contribution is 7.89. The zero-order valence-electron chi connectivity index (χ0n) is 11.4. The lowest BCUT2D eigenvalue weighted by Gasteiger charge is -2.06. The van der Waals surface area contributed by atoms with E-state index in [2.05, 4.69) is 16.6 Å². The second-order valence-electron chi connectivity index (χ2n) is 4.26. The molecule has 3 N–H and O–H groups in total. The minimum Gasteiger partial charge on any atom is -0.469 e. The van der Waals surface area contributed by atoms with E-state index in [1.54, 1.807) is 30.5 Å².